The van der Waals surface area contributed by atoms with Crippen molar-refractivity contribution in [2.24, 2.45) is 0 Å². The van der Waals surface area contributed by atoms with E-state index in [1.54, 1.807) is 0 Å². The van der Waals surface area contributed by atoms with Gasteiger partial charge in [-0.25, -0.2) is 17.9 Å². The zero-order chi connectivity index (χ0) is 13.9. The van der Waals surface area contributed by atoms with E-state index in [1.165, 1.54) is 12.1 Å². The normalized spacial score (nSPS) is 11.2. The molecular weight excluding hydrogens is 301 g/mol. The predicted molar refractivity (Wildman–Crippen MR) is 68.8 cm³/mol. The van der Waals surface area contributed by atoms with E-state index in [9.17, 15) is 13.2 Å². The number of carbonyl (C=O) groups is 1. The third kappa shape index (κ3) is 3.02. The van der Waals surface area contributed by atoms with Gasteiger partial charge in [0.25, 0.3) is 0 Å². The first-order chi connectivity index (χ1) is 8.31. The summed E-state index contributed by atoms with van der Waals surface area (Å²) in [6, 6.07) is 2.31. The Morgan fingerprint density at radius 2 is 2.06 bits per heavy atom. The van der Waals surface area contributed by atoms with E-state index in [2.05, 4.69) is 11.3 Å². The topological polar surface area (TPSA) is 83.5 Å². The van der Waals surface area contributed by atoms with Gasteiger partial charge in [-0.3, -0.25) is 0 Å². The van der Waals surface area contributed by atoms with Gasteiger partial charge >= 0.3 is 5.97 Å². The summed E-state index contributed by atoms with van der Waals surface area (Å²) in [5, 5.41) is 8.36. The fourth-order valence-corrected chi connectivity index (χ4v) is 3.10. The average Bonchev–Trinajstić information content (AvgIpc) is 2.25. The molecule has 0 aromatic heterocycles. The van der Waals surface area contributed by atoms with Crippen molar-refractivity contribution in [3.63, 3.8) is 0 Å². The second-order valence-electron chi connectivity index (χ2n) is 3.18. The Labute approximate surface area is 114 Å². The molecule has 0 aliphatic heterocycles. The third-order valence-electron chi connectivity index (χ3n) is 1.98. The maximum atomic E-state index is 11.8. The van der Waals surface area contributed by atoms with Crippen LogP contribution in [0.2, 0.25) is 10.0 Å². The summed E-state index contributed by atoms with van der Waals surface area (Å²) >= 11 is 11.4. The van der Waals surface area contributed by atoms with Gasteiger partial charge in [-0.2, -0.15) is 0 Å². The molecule has 0 radical (unpaired) electrons. The first kappa shape index (κ1) is 15.0. The Kier molecular flexibility index (Phi) is 4.75. The van der Waals surface area contributed by atoms with Crippen molar-refractivity contribution in [1.82, 2.24) is 4.72 Å². The summed E-state index contributed by atoms with van der Waals surface area (Å²) < 4.78 is 25.8. The number of nitrogens with one attached hydrogen (secondary N) is 1. The zero-order valence-corrected chi connectivity index (χ0v) is 11.3. The molecule has 98 valence electrons. The Bertz CT molecular complexity index is 598. The molecule has 0 atom stereocenters. The number of halogens is 2. The number of aromatic carboxylic acids is 1. The highest BCUT2D eigenvalue weighted by Crippen LogP contribution is 2.30. The van der Waals surface area contributed by atoms with Crippen molar-refractivity contribution in [2.45, 2.75) is 4.90 Å². The predicted octanol–water partition coefficient (Wildman–Crippen LogP) is 2.16. The van der Waals surface area contributed by atoms with Crippen molar-refractivity contribution in [3.05, 3.63) is 40.4 Å². The molecule has 0 spiro atoms. The second-order valence-corrected chi connectivity index (χ2v) is 5.70. The van der Waals surface area contributed by atoms with Crippen molar-refractivity contribution in [2.75, 3.05) is 6.54 Å². The molecule has 0 heterocycles. The van der Waals surface area contributed by atoms with E-state index in [1.807, 2.05) is 0 Å². The van der Waals surface area contributed by atoms with Crippen LogP contribution in [-0.2, 0) is 10.0 Å². The minimum Gasteiger partial charge on any atom is -0.478 e. The smallest absolute Gasteiger partial charge is 0.338 e. The highest BCUT2D eigenvalue weighted by atomic mass is 35.5. The van der Waals surface area contributed by atoms with Crippen molar-refractivity contribution in [1.29, 1.82) is 0 Å². The SMILES string of the molecule is C=CCNS(=O)(=O)c1ccc(Cl)c(C(=O)O)c1Cl. The summed E-state index contributed by atoms with van der Waals surface area (Å²) in [6.07, 6.45) is 1.35. The highest BCUT2D eigenvalue weighted by Gasteiger charge is 2.24. The van der Waals surface area contributed by atoms with Gasteiger partial charge in [0.05, 0.1) is 15.6 Å². The molecule has 0 amide bonds. The van der Waals surface area contributed by atoms with E-state index in [4.69, 9.17) is 28.3 Å². The van der Waals surface area contributed by atoms with Crippen LogP contribution in [0, 0.1) is 0 Å². The first-order valence-corrected chi connectivity index (χ1v) is 6.87. The van der Waals surface area contributed by atoms with Crippen LogP contribution in [0.1, 0.15) is 10.4 Å². The van der Waals surface area contributed by atoms with Gasteiger partial charge in [-0.05, 0) is 12.1 Å². The lowest BCUT2D eigenvalue weighted by Crippen LogP contribution is -2.24. The van der Waals surface area contributed by atoms with Crippen LogP contribution in [-0.4, -0.2) is 26.0 Å². The molecule has 0 fully saturated rings. The number of carboxylic acid groups (broad SMARTS) is 1. The lowest BCUT2D eigenvalue weighted by molar-refractivity contribution is 0.0697. The van der Waals surface area contributed by atoms with Crippen LogP contribution >= 0.6 is 23.2 Å². The van der Waals surface area contributed by atoms with E-state index < -0.39 is 26.6 Å². The van der Waals surface area contributed by atoms with Crippen LogP contribution in [0.5, 0.6) is 0 Å². The van der Waals surface area contributed by atoms with E-state index in [-0.39, 0.29) is 16.5 Å². The molecule has 0 saturated carbocycles. The quantitative estimate of drug-likeness (QED) is 0.816. The lowest BCUT2D eigenvalue weighted by Gasteiger charge is -2.09. The van der Waals surface area contributed by atoms with Crippen molar-refractivity contribution in [3.8, 4) is 0 Å². The lowest BCUT2D eigenvalue weighted by atomic mass is 10.2. The number of carboxylic acids is 1. The van der Waals surface area contributed by atoms with Crippen LogP contribution in [0.4, 0.5) is 0 Å². The molecule has 2 N–H and O–H groups in total. The largest absolute Gasteiger partial charge is 0.478 e. The van der Waals surface area contributed by atoms with Gasteiger partial charge in [0.2, 0.25) is 10.0 Å². The van der Waals surface area contributed by atoms with Crippen LogP contribution in [0.15, 0.2) is 29.7 Å². The highest BCUT2D eigenvalue weighted by molar-refractivity contribution is 7.89. The fourth-order valence-electron chi connectivity index (χ4n) is 1.18. The molecule has 0 bridgehead atoms. The minimum absolute atomic E-state index is 0.00366. The molecule has 5 nitrogen and oxygen atoms in total. The molecular formula is C10H9Cl2NO4S. The second kappa shape index (κ2) is 5.71. The molecule has 1 aromatic rings. The molecule has 1 aromatic carbocycles. The summed E-state index contributed by atoms with van der Waals surface area (Å²) in [7, 11) is -3.90. The average molecular weight is 310 g/mol. The van der Waals surface area contributed by atoms with Crippen molar-refractivity contribution < 1.29 is 18.3 Å². The van der Waals surface area contributed by atoms with Gasteiger partial charge in [0, 0.05) is 6.54 Å². The zero-order valence-electron chi connectivity index (χ0n) is 8.98. The number of rotatable bonds is 5. The van der Waals surface area contributed by atoms with E-state index in [0.717, 1.165) is 6.07 Å². The summed E-state index contributed by atoms with van der Waals surface area (Å²) in [5.74, 6) is -1.40. The number of hydrogen-bond donors (Lipinski definition) is 2. The van der Waals surface area contributed by atoms with Crippen LogP contribution < -0.4 is 4.72 Å². The number of benzene rings is 1. The molecule has 8 heteroatoms. The molecule has 1 rings (SSSR count). The summed E-state index contributed by atoms with van der Waals surface area (Å²) in [5.41, 5.74) is -0.445. The third-order valence-corrected chi connectivity index (χ3v) is 4.26. The summed E-state index contributed by atoms with van der Waals surface area (Å²) in [4.78, 5) is 10.6. The Morgan fingerprint density at radius 1 is 1.44 bits per heavy atom. The summed E-state index contributed by atoms with van der Waals surface area (Å²) in [6.45, 7) is 3.37. The van der Waals surface area contributed by atoms with Gasteiger partial charge in [0.15, 0.2) is 0 Å². The number of hydrogen-bond acceptors (Lipinski definition) is 3. The minimum atomic E-state index is -3.90. The number of sulfonamides is 1. The molecule has 0 saturated heterocycles. The Hall–Kier alpha value is -1.08. The molecule has 0 aliphatic carbocycles. The standard InChI is InChI=1S/C10H9Cl2NO4S/c1-2-5-13-18(16,17)7-4-3-6(11)8(9(7)12)10(14)15/h2-4,13H,1,5H2,(H,14,15). The maximum absolute atomic E-state index is 11.8. The molecule has 0 aliphatic rings. The Balaban J connectivity index is 3.40. The maximum Gasteiger partial charge on any atom is 0.338 e. The first-order valence-electron chi connectivity index (χ1n) is 4.63. The Morgan fingerprint density at radius 3 is 2.56 bits per heavy atom. The van der Waals surface area contributed by atoms with Gasteiger partial charge in [0.1, 0.15) is 4.90 Å². The van der Waals surface area contributed by atoms with Crippen LogP contribution in [0.3, 0.4) is 0 Å². The molecule has 0 unspecified atom stereocenters. The van der Waals surface area contributed by atoms with Crippen molar-refractivity contribution >= 4 is 39.2 Å². The fraction of sp³-hybridized carbons (Fsp3) is 0.100. The van der Waals surface area contributed by atoms with Gasteiger partial charge in [-0.15, -0.1) is 6.58 Å². The monoisotopic (exact) mass is 309 g/mol. The van der Waals surface area contributed by atoms with E-state index in [0.29, 0.717) is 0 Å². The van der Waals surface area contributed by atoms with Gasteiger partial charge in [-0.1, -0.05) is 29.3 Å². The molecule has 18 heavy (non-hydrogen) atoms. The van der Waals surface area contributed by atoms with E-state index >= 15 is 0 Å². The van der Waals surface area contributed by atoms with Gasteiger partial charge < -0.3 is 5.11 Å². The van der Waals surface area contributed by atoms with Crippen LogP contribution in [0.25, 0.3) is 0 Å².